The molecule has 0 saturated carbocycles. The Morgan fingerprint density at radius 1 is 1.08 bits per heavy atom. The van der Waals surface area contributed by atoms with Crippen molar-refractivity contribution >= 4 is 5.97 Å². The van der Waals surface area contributed by atoms with Crippen LogP contribution in [0.25, 0.3) is 0 Å². The molecule has 0 spiro atoms. The highest BCUT2D eigenvalue weighted by Gasteiger charge is 2.75. The van der Waals surface area contributed by atoms with E-state index in [0.29, 0.717) is 12.1 Å². The van der Waals surface area contributed by atoms with Crippen LogP contribution >= 0.6 is 0 Å². The molecule has 0 aliphatic carbocycles. The van der Waals surface area contributed by atoms with Gasteiger partial charge in [0.15, 0.2) is 6.10 Å². The smallest absolute Gasteiger partial charge is 0.430 e. The minimum Gasteiger partial charge on any atom is -0.508 e. The molecule has 1 aromatic rings. The van der Waals surface area contributed by atoms with Gasteiger partial charge in [0, 0.05) is 5.57 Å². The second-order valence-corrected chi connectivity index (χ2v) is 4.92. The number of carbonyl (C=O) groups is 1. The average Bonchev–Trinajstić information content (AvgIpc) is 2.42. The van der Waals surface area contributed by atoms with E-state index >= 15 is 0 Å². The van der Waals surface area contributed by atoms with E-state index in [0.717, 1.165) is 19.1 Å². The molecule has 134 valence electrons. The van der Waals surface area contributed by atoms with Crippen LogP contribution in [0.15, 0.2) is 36.4 Å². The summed E-state index contributed by atoms with van der Waals surface area (Å²) in [6.07, 6.45) is -15.6. The predicted octanol–water partition coefficient (Wildman–Crippen LogP) is 3.41. The Morgan fingerprint density at radius 2 is 1.50 bits per heavy atom. The molecule has 0 saturated heterocycles. The van der Waals surface area contributed by atoms with E-state index in [9.17, 15) is 36.2 Å². The standard InChI is InChI=1S/C14H12F6O4/c1-7(2)11(22)24-10(8-3-5-9(21)6-4-8)12(23,13(15,16)17)14(18,19)20/h3-6,10,21,23H,1H2,2H3. The third-order valence-electron chi connectivity index (χ3n) is 3.01. The predicted molar refractivity (Wildman–Crippen MR) is 68.8 cm³/mol. The normalized spacial score (nSPS) is 14.2. The third-order valence-corrected chi connectivity index (χ3v) is 3.01. The molecule has 4 nitrogen and oxygen atoms in total. The number of benzene rings is 1. The first kappa shape index (κ1) is 19.8. The second-order valence-electron chi connectivity index (χ2n) is 4.92. The first-order valence-corrected chi connectivity index (χ1v) is 6.23. The minimum atomic E-state index is -6.21. The Bertz CT molecular complexity index is 604. The van der Waals surface area contributed by atoms with Crippen molar-refractivity contribution in [3.63, 3.8) is 0 Å². The monoisotopic (exact) mass is 358 g/mol. The fourth-order valence-electron chi connectivity index (χ4n) is 1.71. The lowest BCUT2D eigenvalue weighted by Crippen LogP contribution is -2.61. The highest BCUT2D eigenvalue weighted by molar-refractivity contribution is 5.87. The molecule has 0 heterocycles. The summed E-state index contributed by atoms with van der Waals surface area (Å²) >= 11 is 0. The zero-order valence-electron chi connectivity index (χ0n) is 12.1. The number of phenolic OH excluding ortho intramolecular Hbond substituents is 1. The number of alkyl halides is 6. The van der Waals surface area contributed by atoms with Gasteiger partial charge in [0.25, 0.3) is 5.60 Å². The number of esters is 1. The van der Waals surface area contributed by atoms with E-state index in [-0.39, 0.29) is 0 Å². The molecule has 0 bridgehead atoms. The Hall–Kier alpha value is -2.23. The largest absolute Gasteiger partial charge is 0.508 e. The van der Waals surface area contributed by atoms with Crippen LogP contribution in [0.5, 0.6) is 5.75 Å². The van der Waals surface area contributed by atoms with Gasteiger partial charge in [-0.05, 0) is 24.6 Å². The fraction of sp³-hybridized carbons (Fsp3) is 0.357. The van der Waals surface area contributed by atoms with E-state index in [1.807, 2.05) is 0 Å². The topological polar surface area (TPSA) is 66.8 Å². The molecule has 0 fully saturated rings. The molecule has 10 heteroatoms. The Morgan fingerprint density at radius 3 is 1.83 bits per heavy atom. The van der Waals surface area contributed by atoms with Crippen molar-refractivity contribution in [1.82, 2.24) is 0 Å². The lowest BCUT2D eigenvalue weighted by Gasteiger charge is -2.38. The van der Waals surface area contributed by atoms with Crippen molar-refractivity contribution in [2.45, 2.75) is 31.0 Å². The van der Waals surface area contributed by atoms with Crippen molar-refractivity contribution < 1.29 is 46.1 Å². The summed E-state index contributed by atoms with van der Waals surface area (Å²) in [6.45, 7) is 4.07. The summed E-state index contributed by atoms with van der Waals surface area (Å²) in [7, 11) is 0. The quantitative estimate of drug-likeness (QED) is 0.492. The van der Waals surface area contributed by atoms with Crippen LogP contribution in [0.1, 0.15) is 18.6 Å². The van der Waals surface area contributed by atoms with Crippen LogP contribution in [0.4, 0.5) is 26.3 Å². The van der Waals surface area contributed by atoms with Crippen LogP contribution in [0.3, 0.4) is 0 Å². The number of hydrogen-bond donors (Lipinski definition) is 2. The molecule has 0 radical (unpaired) electrons. The minimum absolute atomic E-state index is 0.453. The van der Waals surface area contributed by atoms with Crippen LogP contribution < -0.4 is 0 Å². The van der Waals surface area contributed by atoms with Crippen LogP contribution in [0.2, 0.25) is 0 Å². The van der Waals surface area contributed by atoms with E-state index in [4.69, 9.17) is 5.11 Å². The summed E-state index contributed by atoms with van der Waals surface area (Å²) in [5, 5.41) is 18.6. The number of halogens is 6. The Labute approximate surface area is 132 Å². The Kier molecular flexibility index (Phi) is 5.24. The number of aromatic hydroxyl groups is 1. The van der Waals surface area contributed by atoms with Crippen LogP contribution in [-0.2, 0) is 9.53 Å². The summed E-state index contributed by atoms with van der Waals surface area (Å²) in [6, 6.07) is 2.89. The van der Waals surface area contributed by atoms with Gasteiger partial charge in [-0.1, -0.05) is 18.7 Å². The second kappa shape index (κ2) is 6.34. The number of aliphatic hydroxyl groups is 1. The van der Waals surface area contributed by atoms with E-state index in [1.165, 1.54) is 0 Å². The van der Waals surface area contributed by atoms with Gasteiger partial charge in [-0.2, -0.15) is 26.3 Å². The molecular weight excluding hydrogens is 346 g/mol. The number of ether oxygens (including phenoxy) is 1. The van der Waals surface area contributed by atoms with E-state index < -0.39 is 46.9 Å². The lowest BCUT2D eigenvalue weighted by molar-refractivity contribution is -0.393. The zero-order valence-corrected chi connectivity index (χ0v) is 12.1. The van der Waals surface area contributed by atoms with Gasteiger partial charge in [-0.25, -0.2) is 4.79 Å². The van der Waals surface area contributed by atoms with Gasteiger partial charge in [-0.15, -0.1) is 0 Å². The molecule has 0 aromatic heterocycles. The van der Waals surface area contributed by atoms with Crippen LogP contribution in [-0.4, -0.2) is 34.1 Å². The summed E-state index contributed by atoms with van der Waals surface area (Å²) in [5.41, 5.74) is -6.65. The summed E-state index contributed by atoms with van der Waals surface area (Å²) < 4.78 is 82.4. The third kappa shape index (κ3) is 3.64. The van der Waals surface area contributed by atoms with E-state index in [2.05, 4.69) is 11.3 Å². The Balaban J connectivity index is 3.57. The highest BCUT2D eigenvalue weighted by Crippen LogP contribution is 2.51. The molecule has 24 heavy (non-hydrogen) atoms. The van der Waals surface area contributed by atoms with Gasteiger partial charge < -0.3 is 14.9 Å². The molecule has 1 rings (SSSR count). The van der Waals surface area contributed by atoms with Gasteiger partial charge in [0.05, 0.1) is 0 Å². The maximum atomic E-state index is 13.0. The number of carbonyl (C=O) groups excluding carboxylic acids is 1. The fourth-order valence-corrected chi connectivity index (χ4v) is 1.71. The molecule has 0 aliphatic rings. The van der Waals surface area contributed by atoms with Gasteiger partial charge in [0.2, 0.25) is 0 Å². The molecule has 1 aromatic carbocycles. The zero-order chi connectivity index (χ0) is 18.9. The first-order chi connectivity index (χ1) is 10.7. The van der Waals surface area contributed by atoms with Crippen molar-refractivity contribution in [2.24, 2.45) is 0 Å². The highest BCUT2D eigenvalue weighted by atomic mass is 19.4. The van der Waals surface area contributed by atoms with Crippen molar-refractivity contribution in [2.75, 3.05) is 0 Å². The molecule has 1 unspecified atom stereocenters. The van der Waals surface area contributed by atoms with Crippen molar-refractivity contribution in [3.8, 4) is 5.75 Å². The molecule has 1 atom stereocenters. The van der Waals surface area contributed by atoms with Crippen molar-refractivity contribution in [1.29, 1.82) is 0 Å². The number of phenols is 1. The molecule has 2 N–H and O–H groups in total. The number of rotatable bonds is 4. The summed E-state index contributed by atoms with van der Waals surface area (Å²) in [4.78, 5) is 11.5. The number of hydrogen-bond acceptors (Lipinski definition) is 4. The molecular formula is C14H12F6O4. The average molecular weight is 358 g/mol. The molecule has 0 amide bonds. The SMILES string of the molecule is C=C(C)C(=O)OC(c1ccc(O)cc1)C(O)(C(F)(F)F)C(F)(F)F. The maximum absolute atomic E-state index is 13.0. The maximum Gasteiger partial charge on any atom is 0.430 e. The van der Waals surface area contributed by atoms with Crippen LogP contribution in [0, 0.1) is 0 Å². The van der Waals surface area contributed by atoms with E-state index in [1.54, 1.807) is 0 Å². The lowest BCUT2D eigenvalue weighted by atomic mass is 9.89. The van der Waals surface area contributed by atoms with Gasteiger partial charge in [-0.3, -0.25) is 0 Å². The van der Waals surface area contributed by atoms with Gasteiger partial charge >= 0.3 is 18.3 Å². The summed E-state index contributed by atoms with van der Waals surface area (Å²) in [5.74, 6) is -2.01. The van der Waals surface area contributed by atoms with Crippen molar-refractivity contribution in [3.05, 3.63) is 42.0 Å². The first-order valence-electron chi connectivity index (χ1n) is 6.23. The van der Waals surface area contributed by atoms with Gasteiger partial charge in [0.1, 0.15) is 5.75 Å². The molecule has 0 aliphatic heterocycles.